The Morgan fingerprint density at radius 3 is 0.400 bits per heavy atom. The maximum absolute atomic E-state index is 0. The monoisotopic (exact) mass is 229 g/mol. The third-order valence-electron chi connectivity index (χ3n) is 0. The van der Waals surface area contributed by atoms with E-state index in [1.54, 1.807) is 0 Å². The maximum Gasteiger partial charge on any atom is 0 e. The second-order valence-electron chi connectivity index (χ2n) is 0. The summed E-state index contributed by atoms with van der Waals surface area (Å²) in [5, 5.41) is 0. The largest absolute Gasteiger partial charge is 0.197 e. The molecule has 0 aromatic rings. The summed E-state index contributed by atoms with van der Waals surface area (Å²) in [6.45, 7) is 0. The molecule has 0 nitrogen and oxygen atoms in total. The molecule has 0 amide bonds. The fourth-order valence-corrected chi connectivity index (χ4v) is 0. The van der Waals surface area contributed by atoms with E-state index in [0.717, 1.165) is 0 Å². The van der Waals surface area contributed by atoms with Gasteiger partial charge in [0.05, 0.1) is 0 Å². The first kappa shape index (κ1) is 58.8. The summed E-state index contributed by atoms with van der Waals surface area (Å²) in [7, 11) is 0. The van der Waals surface area contributed by atoms with Gasteiger partial charge in [0.25, 0.3) is 0 Å². The normalized spacial score (nSPS) is 0. The van der Waals surface area contributed by atoms with Gasteiger partial charge in [-0.3, -0.25) is 0 Å². The number of hydrogen-bond acceptors (Lipinski definition) is 0. The van der Waals surface area contributed by atoms with E-state index in [1.165, 1.54) is 0 Å². The van der Waals surface area contributed by atoms with Crippen molar-refractivity contribution in [1.29, 1.82) is 0 Å². The van der Waals surface area contributed by atoms with Crippen LogP contribution in [0.5, 0.6) is 0 Å². The van der Waals surface area contributed by atoms with E-state index in [-0.39, 0.29) is 76.4 Å². The van der Waals surface area contributed by atoms with Gasteiger partial charge in [-0.2, -0.15) is 54.0 Å². The van der Waals surface area contributed by atoms with Gasteiger partial charge in [0.15, 0.2) is 0 Å². The van der Waals surface area contributed by atoms with Gasteiger partial charge < -0.3 is 0 Å². The second kappa shape index (κ2) is 35.4. The van der Waals surface area contributed by atoms with Gasteiger partial charge in [0, 0.05) is 22.4 Å². The Balaban J connectivity index is 0. The molecule has 5 heavy (non-hydrogen) atoms. The second-order valence-corrected chi connectivity index (χ2v) is 0. The zero-order valence-corrected chi connectivity index (χ0v) is 8.65. The van der Waals surface area contributed by atoms with Crippen LogP contribution in [-0.4, -0.2) is 0 Å². The number of rotatable bonds is 0. The summed E-state index contributed by atoms with van der Waals surface area (Å²) >= 11 is 0. The van der Waals surface area contributed by atoms with Crippen LogP contribution < -0.4 is 0 Å². The summed E-state index contributed by atoms with van der Waals surface area (Å²) in [6, 6.07) is 0. The molecule has 0 spiro atoms. The summed E-state index contributed by atoms with van der Waals surface area (Å²) in [4.78, 5) is 0. The Morgan fingerprint density at radius 1 is 0.400 bits per heavy atom. The van der Waals surface area contributed by atoms with Crippen molar-refractivity contribution in [1.82, 2.24) is 0 Å². The van der Waals surface area contributed by atoms with E-state index < -0.39 is 0 Å². The zero-order chi connectivity index (χ0) is 0. The Kier molecular flexibility index (Phi) is 416. The van der Waals surface area contributed by atoms with E-state index in [1.807, 2.05) is 0 Å². The van der Waals surface area contributed by atoms with Crippen molar-refractivity contribution < 1.29 is 22.4 Å². The molecule has 1 radical (unpaired) electrons. The van der Waals surface area contributed by atoms with Crippen molar-refractivity contribution >= 4 is 54.0 Å². The van der Waals surface area contributed by atoms with Gasteiger partial charge in [-0.05, 0) is 0 Å². The van der Waals surface area contributed by atoms with E-state index >= 15 is 0 Å². The minimum absolute atomic E-state index is 0. The van der Waals surface area contributed by atoms with E-state index in [4.69, 9.17) is 0 Å². The van der Waals surface area contributed by atoms with Crippen LogP contribution in [0.2, 0.25) is 0 Å². The fraction of sp³-hybridized carbons (Fsp3) is 0. The van der Waals surface area contributed by atoms with Gasteiger partial charge >= 0.3 is 0 Å². The maximum atomic E-state index is 0. The minimum atomic E-state index is 0. The standard InChI is InChI=1S/Nb.4H2S/h;4*1H2. The van der Waals surface area contributed by atoms with Crippen molar-refractivity contribution in [2.75, 3.05) is 0 Å². The molecule has 0 saturated heterocycles. The predicted octanol–water partition coefficient (Wildman–Crippen LogP) is 0.449. The van der Waals surface area contributed by atoms with Gasteiger partial charge in [-0.15, -0.1) is 0 Å². The van der Waals surface area contributed by atoms with Crippen molar-refractivity contribution in [2.45, 2.75) is 0 Å². The molecule has 0 bridgehead atoms. The first-order valence-corrected chi connectivity index (χ1v) is 0. The molecule has 5 heteroatoms. The van der Waals surface area contributed by atoms with E-state index in [9.17, 15) is 0 Å². The first-order valence-electron chi connectivity index (χ1n) is 0. The molecule has 0 aromatic heterocycles. The average molecular weight is 229 g/mol. The third-order valence-corrected chi connectivity index (χ3v) is 0. The molecule has 0 saturated carbocycles. The third kappa shape index (κ3) is 23.0. The topological polar surface area (TPSA) is 0 Å². The predicted molar refractivity (Wildman–Crippen MR) is 41.5 cm³/mol. The van der Waals surface area contributed by atoms with Crippen LogP contribution in [0, 0.1) is 0 Å². The molecular formula is H8NbS4. The molecule has 0 aliphatic carbocycles. The summed E-state index contributed by atoms with van der Waals surface area (Å²) in [5.74, 6) is 0. The average Bonchev–Trinajstić information content (AvgIpc) is 0. The molecule has 0 fully saturated rings. The summed E-state index contributed by atoms with van der Waals surface area (Å²) < 4.78 is 0. The van der Waals surface area contributed by atoms with Crippen LogP contribution in [-0.2, 0) is 22.4 Å². The Labute approximate surface area is 75.8 Å². The molecule has 37 valence electrons. The summed E-state index contributed by atoms with van der Waals surface area (Å²) in [6.07, 6.45) is 0. The minimum Gasteiger partial charge on any atom is -0.197 e. The van der Waals surface area contributed by atoms with Crippen LogP contribution >= 0.6 is 54.0 Å². The smallest absolute Gasteiger partial charge is 0 e. The SMILES string of the molecule is S.S.S.S.[Nb]. The van der Waals surface area contributed by atoms with Crippen LogP contribution in [0.1, 0.15) is 0 Å². The van der Waals surface area contributed by atoms with E-state index in [2.05, 4.69) is 0 Å². The van der Waals surface area contributed by atoms with E-state index in [0.29, 0.717) is 0 Å². The van der Waals surface area contributed by atoms with Crippen molar-refractivity contribution in [3.05, 3.63) is 0 Å². The quantitative estimate of drug-likeness (QED) is 0.529. The van der Waals surface area contributed by atoms with Crippen molar-refractivity contribution in [3.8, 4) is 0 Å². The van der Waals surface area contributed by atoms with Crippen LogP contribution in [0.4, 0.5) is 0 Å². The molecule has 0 atom stereocenters. The molecule has 0 aromatic carbocycles. The van der Waals surface area contributed by atoms with Crippen molar-refractivity contribution in [2.24, 2.45) is 0 Å². The molecule has 0 N–H and O–H groups in total. The van der Waals surface area contributed by atoms with Crippen LogP contribution in [0.15, 0.2) is 0 Å². The molecule has 0 aliphatic heterocycles. The zero-order valence-electron chi connectivity index (χ0n) is 2.45. The number of hydrogen-bond donors (Lipinski definition) is 0. The van der Waals surface area contributed by atoms with Crippen LogP contribution in [0.25, 0.3) is 0 Å². The molecule has 0 unspecified atom stereocenters. The molecular weight excluding hydrogens is 221 g/mol. The van der Waals surface area contributed by atoms with Crippen LogP contribution in [0.3, 0.4) is 0 Å². The van der Waals surface area contributed by atoms with Gasteiger partial charge in [0.1, 0.15) is 0 Å². The van der Waals surface area contributed by atoms with Gasteiger partial charge in [-0.1, -0.05) is 0 Å². The van der Waals surface area contributed by atoms with Crippen molar-refractivity contribution in [3.63, 3.8) is 0 Å². The Bertz CT molecular complexity index is 3.61. The molecule has 0 aliphatic rings. The Morgan fingerprint density at radius 2 is 0.400 bits per heavy atom. The van der Waals surface area contributed by atoms with Gasteiger partial charge in [0.2, 0.25) is 0 Å². The molecule has 0 rings (SSSR count). The van der Waals surface area contributed by atoms with Gasteiger partial charge in [-0.25, -0.2) is 0 Å². The molecule has 0 heterocycles. The fourth-order valence-electron chi connectivity index (χ4n) is 0. The first-order chi connectivity index (χ1) is 0. The summed E-state index contributed by atoms with van der Waals surface area (Å²) in [5.41, 5.74) is 0. The Hall–Kier alpha value is 2.14.